The molecule has 0 unspecified atom stereocenters. The van der Waals surface area contributed by atoms with Gasteiger partial charge in [0.2, 0.25) is 0 Å². The van der Waals surface area contributed by atoms with Crippen LogP contribution in [-0.4, -0.2) is 61.9 Å². The smallest absolute Gasteiger partial charge is 0.310 e. The van der Waals surface area contributed by atoms with E-state index >= 15 is 0 Å². The summed E-state index contributed by atoms with van der Waals surface area (Å²) in [4.78, 5) is 17.9. The van der Waals surface area contributed by atoms with E-state index in [4.69, 9.17) is 9.47 Å². The first-order valence-corrected chi connectivity index (χ1v) is 12.3. The molecule has 3 heterocycles. The Morgan fingerprint density at radius 1 is 1.16 bits per heavy atom. The van der Waals surface area contributed by atoms with Gasteiger partial charge in [-0.05, 0) is 68.1 Å². The Morgan fingerprint density at radius 2 is 1.97 bits per heavy atom. The number of ether oxygens (including phenoxy) is 2. The molecule has 0 bridgehead atoms. The number of benzene rings is 1. The fourth-order valence-corrected chi connectivity index (χ4v) is 7.46. The molecule has 5 aliphatic rings. The van der Waals surface area contributed by atoms with Crippen LogP contribution in [0.1, 0.15) is 44.6 Å². The average Bonchev–Trinajstić information content (AvgIpc) is 3.45. The summed E-state index contributed by atoms with van der Waals surface area (Å²) in [6, 6.07) is 8.78. The molecular weight excluding hydrogens is 388 g/mol. The van der Waals surface area contributed by atoms with Gasteiger partial charge in [0.15, 0.2) is 0 Å². The van der Waals surface area contributed by atoms with Crippen molar-refractivity contribution in [1.82, 2.24) is 4.90 Å². The van der Waals surface area contributed by atoms with Gasteiger partial charge in [-0.2, -0.15) is 0 Å². The molecule has 3 saturated heterocycles. The molecule has 0 radical (unpaired) electrons. The van der Waals surface area contributed by atoms with Crippen LogP contribution in [0.25, 0.3) is 0 Å². The van der Waals surface area contributed by atoms with Crippen LogP contribution in [0.3, 0.4) is 0 Å². The summed E-state index contributed by atoms with van der Waals surface area (Å²) < 4.78 is 12.1. The molecule has 1 aromatic carbocycles. The number of carbonyl (C=O) groups excluding carboxylic acids is 1. The zero-order valence-electron chi connectivity index (χ0n) is 19.0. The summed E-state index contributed by atoms with van der Waals surface area (Å²) in [5.41, 5.74) is 3.04. The third kappa shape index (κ3) is 3.39. The SMILES string of the molecule is Cc1cccc(N2CCN(C[C@H]3C(=O)O[C@@H]4C[C@@]5(C)CCC[C@]6(CO6)[C@@H]5C[C@@H]43)CC2)c1. The molecule has 1 aromatic rings. The molecule has 6 rings (SSSR count). The number of esters is 1. The highest BCUT2D eigenvalue weighted by atomic mass is 16.6. The van der Waals surface area contributed by atoms with Crippen molar-refractivity contribution in [3.63, 3.8) is 0 Å². The number of hydrogen-bond donors (Lipinski definition) is 0. The highest BCUT2D eigenvalue weighted by molar-refractivity contribution is 5.75. The lowest BCUT2D eigenvalue weighted by atomic mass is 9.53. The maximum Gasteiger partial charge on any atom is 0.310 e. The number of epoxide rings is 1. The molecule has 5 heteroatoms. The van der Waals surface area contributed by atoms with Crippen molar-refractivity contribution in [3.05, 3.63) is 29.8 Å². The molecule has 2 aliphatic carbocycles. The van der Waals surface area contributed by atoms with Crippen molar-refractivity contribution in [2.45, 2.75) is 57.7 Å². The minimum Gasteiger partial charge on any atom is -0.462 e. The summed E-state index contributed by atoms with van der Waals surface area (Å²) in [6.45, 7) is 10.5. The van der Waals surface area contributed by atoms with Crippen molar-refractivity contribution < 1.29 is 14.3 Å². The van der Waals surface area contributed by atoms with E-state index in [9.17, 15) is 4.79 Å². The van der Waals surface area contributed by atoms with Gasteiger partial charge in [0.1, 0.15) is 6.10 Å². The molecule has 168 valence electrons. The lowest BCUT2D eigenvalue weighted by Gasteiger charge is -2.51. The number of carbonyl (C=O) groups is 1. The zero-order valence-corrected chi connectivity index (χ0v) is 19.0. The standard InChI is InChI=1S/C26H36N2O3/c1-18-5-3-6-19(13-18)28-11-9-27(10-12-28)16-21-20-14-23-25(2,15-22(20)31-24(21)29)7-4-8-26(23)17-30-26/h3,5-6,13,20-23H,4,7-12,14-17H2,1-2H3/t20-,21-,22-,23-,25-,26+/m1/s1. The number of hydrogen-bond acceptors (Lipinski definition) is 5. The van der Waals surface area contributed by atoms with Gasteiger partial charge >= 0.3 is 5.97 Å². The molecule has 3 aliphatic heterocycles. The number of piperazine rings is 1. The van der Waals surface area contributed by atoms with Crippen LogP contribution in [0.2, 0.25) is 0 Å². The molecule has 5 nitrogen and oxygen atoms in total. The summed E-state index contributed by atoms with van der Waals surface area (Å²) in [5.74, 6) is 1.08. The first kappa shape index (κ1) is 20.0. The lowest BCUT2D eigenvalue weighted by Crippen LogP contribution is -2.52. The normalized spacial score (nSPS) is 42.3. The predicted octanol–water partition coefficient (Wildman–Crippen LogP) is 3.64. The van der Waals surface area contributed by atoms with Gasteiger partial charge in [-0.15, -0.1) is 0 Å². The molecular formula is C26H36N2O3. The Morgan fingerprint density at radius 3 is 2.71 bits per heavy atom. The third-order valence-corrected chi connectivity index (χ3v) is 9.27. The van der Waals surface area contributed by atoms with Crippen LogP contribution in [0.5, 0.6) is 0 Å². The summed E-state index contributed by atoms with van der Waals surface area (Å²) in [5, 5.41) is 0. The van der Waals surface area contributed by atoms with Gasteiger partial charge in [0.05, 0.1) is 18.1 Å². The van der Waals surface area contributed by atoms with Crippen molar-refractivity contribution in [2.75, 3.05) is 44.2 Å². The van der Waals surface area contributed by atoms with E-state index in [0.29, 0.717) is 11.8 Å². The van der Waals surface area contributed by atoms with Gasteiger partial charge in [-0.3, -0.25) is 9.69 Å². The summed E-state index contributed by atoms with van der Waals surface area (Å²) >= 11 is 0. The average molecular weight is 425 g/mol. The topological polar surface area (TPSA) is 45.3 Å². The maximum absolute atomic E-state index is 12.9. The minimum atomic E-state index is 0.0396. The Labute approximate surface area is 186 Å². The second-order valence-electron chi connectivity index (χ2n) is 11.2. The Bertz CT molecular complexity index is 860. The maximum atomic E-state index is 12.9. The van der Waals surface area contributed by atoms with Crippen molar-refractivity contribution in [3.8, 4) is 0 Å². The monoisotopic (exact) mass is 424 g/mol. The molecule has 0 N–H and O–H groups in total. The van der Waals surface area contributed by atoms with Gasteiger partial charge < -0.3 is 14.4 Å². The Balaban J connectivity index is 1.12. The molecule has 0 amide bonds. The number of anilines is 1. The fourth-order valence-electron chi connectivity index (χ4n) is 7.46. The van der Waals surface area contributed by atoms with Crippen LogP contribution in [-0.2, 0) is 14.3 Å². The van der Waals surface area contributed by atoms with Crippen LogP contribution in [0.4, 0.5) is 5.69 Å². The van der Waals surface area contributed by atoms with E-state index in [1.807, 2.05) is 0 Å². The van der Waals surface area contributed by atoms with Crippen LogP contribution in [0, 0.1) is 30.1 Å². The second kappa shape index (κ2) is 7.21. The predicted molar refractivity (Wildman–Crippen MR) is 120 cm³/mol. The van der Waals surface area contributed by atoms with E-state index in [-0.39, 0.29) is 29.0 Å². The Hall–Kier alpha value is -1.59. The molecule has 5 fully saturated rings. The quantitative estimate of drug-likeness (QED) is 0.548. The fraction of sp³-hybridized carbons (Fsp3) is 0.731. The van der Waals surface area contributed by atoms with Crippen LogP contribution < -0.4 is 4.90 Å². The first-order chi connectivity index (χ1) is 15.0. The zero-order chi connectivity index (χ0) is 21.2. The number of nitrogens with zero attached hydrogens (tertiary/aromatic N) is 2. The van der Waals surface area contributed by atoms with E-state index in [2.05, 4.69) is 47.9 Å². The molecule has 2 saturated carbocycles. The third-order valence-electron chi connectivity index (χ3n) is 9.27. The largest absolute Gasteiger partial charge is 0.462 e. The number of rotatable bonds is 3. The summed E-state index contributed by atoms with van der Waals surface area (Å²) in [7, 11) is 0. The highest BCUT2D eigenvalue weighted by Gasteiger charge is 2.65. The van der Waals surface area contributed by atoms with Crippen LogP contribution >= 0.6 is 0 Å². The molecule has 0 aromatic heterocycles. The Kier molecular flexibility index (Phi) is 4.66. The molecule has 6 atom stereocenters. The van der Waals surface area contributed by atoms with E-state index in [1.165, 1.54) is 30.5 Å². The van der Waals surface area contributed by atoms with E-state index < -0.39 is 0 Å². The minimum absolute atomic E-state index is 0.0396. The van der Waals surface area contributed by atoms with Crippen molar-refractivity contribution in [1.29, 1.82) is 0 Å². The van der Waals surface area contributed by atoms with E-state index in [1.54, 1.807) is 0 Å². The van der Waals surface area contributed by atoms with Crippen molar-refractivity contribution in [2.24, 2.45) is 23.2 Å². The lowest BCUT2D eigenvalue weighted by molar-refractivity contribution is -0.147. The second-order valence-corrected chi connectivity index (χ2v) is 11.2. The van der Waals surface area contributed by atoms with E-state index in [0.717, 1.165) is 52.2 Å². The van der Waals surface area contributed by atoms with Gasteiger partial charge in [0.25, 0.3) is 0 Å². The summed E-state index contributed by atoms with van der Waals surface area (Å²) in [6.07, 6.45) is 6.01. The van der Waals surface area contributed by atoms with Gasteiger partial charge in [-0.1, -0.05) is 19.1 Å². The highest BCUT2D eigenvalue weighted by Crippen LogP contribution is 2.62. The first-order valence-electron chi connectivity index (χ1n) is 12.3. The van der Waals surface area contributed by atoms with Crippen molar-refractivity contribution >= 4 is 11.7 Å². The van der Waals surface area contributed by atoms with Gasteiger partial charge in [-0.25, -0.2) is 0 Å². The number of fused-ring (bicyclic) bond motifs is 3. The molecule has 1 spiro atoms. The number of aryl methyl sites for hydroxylation is 1. The molecule has 31 heavy (non-hydrogen) atoms. The van der Waals surface area contributed by atoms with Gasteiger partial charge in [0, 0.05) is 44.3 Å². The van der Waals surface area contributed by atoms with Crippen LogP contribution in [0.15, 0.2) is 24.3 Å².